The summed E-state index contributed by atoms with van der Waals surface area (Å²) in [7, 11) is -3.93. The molecule has 1 aliphatic carbocycles. The zero-order valence-corrected chi connectivity index (χ0v) is 13.6. The van der Waals surface area contributed by atoms with E-state index in [1.807, 2.05) is 0 Å². The third kappa shape index (κ3) is 3.04. The number of nitrogens with one attached hydrogen (secondary N) is 1. The Kier molecular flexibility index (Phi) is 3.81. The fraction of sp³-hybridized carbons (Fsp3) is 0.286. The van der Waals surface area contributed by atoms with Crippen LogP contribution in [0.4, 0.5) is 5.69 Å². The number of hydrogen-bond donors (Lipinski definition) is 2. The monoisotopic (exact) mass is 356 g/mol. The van der Waals surface area contributed by atoms with Crippen molar-refractivity contribution in [3.8, 4) is 0 Å². The van der Waals surface area contributed by atoms with E-state index in [1.165, 1.54) is 6.07 Å². The maximum atomic E-state index is 12.5. The summed E-state index contributed by atoms with van der Waals surface area (Å²) in [5, 5.41) is 12.6. The van der Waals surface area contributed by atoms with Crippen LogP contribution in [0.2, 0.25) is 5.02 Å². The fourth-order valence-corrected chi connectivity index (χ4v) is 3.65. The topological polar surface area (TPSA) is 110 Å². The van der Waals surface area contributed by atoms with Gasteiger partial charge in [-0.25, -0.2) is 13.2 Å². The summed E-state index contributed by atoms with van der Waals surface area (Å²) in [6, 6.07) is 3.45. The molecule has 1 fully saturated rings. The van der Waals surface area contributed by atoms with Crippen molar-refractivity contribution < 1.29 is 22.8 Å². The van der Waals surface area contributed by atoms with Crippen LogP contribution in [0.3, 0.4) is 0 Å². The van der Waals surface area contributed by atoms with Gasteiger partial charge in [-0.05, 0) is 38.0 Å². The lowest BCUT2D eigenvalue weighted by atomic mass is 10.2. The number of rotatable bonds is 5. The number of benzene rings is 1. The lowest BCUT2D eigenvalue weighted by Crippen LogP contribution is -2.14. The Hall–Kier alpha value is -2.06. The molecule has 3 rings (SSSR count). The first kappa shape index (κ1) is 15.8. The van der Waals surface area contributed by atoms with E-state index in [9.17, 15) is 13.2 Å². The Labute approximate surface area is 137 Å². The molecule has 23 heavy (non-hydrogen) atoms. The molecule has 0 amide bonds. The van der Waals surface area contributed by atoms with Gasteiger partial charge >= 0.3 is 5.97 Å². The summed E-state index contributed by atoms with van der Waals surface area (Å²) >= 11 is 5.83. The average molecular weight is 357 g/mol. The molecule has 2 N–H and O–H groups in total. The van der Waals surface area contributed by atoms with Crippen molar-refractivity contribution in [2.45, 2.75) is 30.6 Å². The number of nitrogens with zero attached hydrogens (tertiary/aromatic N) is 1. The highest BCUT2D eigenvalue weighted by atomic mass is 35.5. The van der Waals surface area contributed by atoms with Crippen LogP contribution in [-0.4, -0.2) is 24.7 Å². The number of carbonyl (C=O) groups is 1. The highest BCUT2D eigenvalue weighted by Crippen LogP contribution is 2.44. The van der Waals surface area contributed by atoms with Gasteiger partial charge in [0.2, 0.25) is 0 Å². The van der Waals surface area contributed by atoms with Gasteiger partial charge in [0, 0.05) is 5.92 Å². The normalized spacial score (nSPS) is 14.7. The quantitative estimate of drug-likeness (QED) is 0.852. The number of aromatic carboxylic acids is 1. The predicted molar refractivity (Wildman–Crippen MR) is 82.4 cm³/mol. The van der Waals surface area contributed by atoms with Gasteiger partial charge in [0.05, 0.1) is 15.5 Å². The highest BCUT2D eigenvalue weighted by Gasteiger charge is 2.33. The summed E-state index contributed by atoms with van der Waals surface area (Å²) < 4.78 is 32.6. The van der Waals surface area contributed by atoms with Gasteiger partial charge in [-0.2, -0.15) is 0 Å². The maximum Gasteiger partial charge on any atom is 0.337 e. The number of aryl methyl sites for hydroxylation is 1. The molecule has 122 valence electrons. The number of hydrogen-bond acceptors (Lipinski definition) is 5. The van der Waals surface area contributed by atoms with Crippen LogP contribution in [0.25, 0.3) is 0 Å². The second kappa shape index (κ2) is 5.54. The first-order valence-electron chi connectivity index (χ1n) is 6.81. The first-order chi connectivity index (χ1) is 10.8. The van der Waals surface area contributed by atoms with Gasteiger partial charge in [-0.1, -0.05) is 16.8 Å². The molecule has 1 aliphatic rings. The highest BCUT2D eigenvalue weighted by molar-refractivity contribution is 7.92. The summed E-state index contributed by atoms with van der Waals surface area (Å²) in [6.07, 6.45) is 1.87. The largest absolute Gasteiger partial charge is 0.478 e. The number of anilines is 1. The van der Waals surface area contributed by atoms with Gasteiger partial charge in [0.1, 0.15) is 11.4 Å². The third-order valence-electron chi connectivity index (χ3n) is 3.55. The maximum absolute atomic E-state index is 12.5. The Morgan fingerprint density at radius 3 is 2.70 bits per heavy atom. The fourth-order valence-electron chi connectivity index (χ4n) is 2.17. The van der Waals surface area contributed by atoms with Crippen LogP contribution in [0.15, 0.2) is 27.6 Å². The van der Waals surface area contributed by atoms with Crippen LogP contribution in [0, 0.1) is 6.92 Å². The van der Waals surface area contributed by atoms with Crippen molar-refractivity contribution in [2.75, 3.05) is 4.72 Å². The Morgan fingerprint density at radius 2 is 2.13 bits per heavy atom. The lowest BCUT2D eigenvalue weighted by molar-refractivity contribution is 0.0697. The second-order valence-corrected chi connectivity index (χ2v) is 7.42. The van der Waals surface area contributed by atoms with Crippen molar-refractivity contribution in [2.24, 2.45) is 0 Å². The number of aromatic nitrogens is 1. The molecule has 0 saturated heterocycles. The molecule has 1 aromatic carbocycles. The minimum absolute atomic E-state index is 0.130. The van der Waals surface area contributed by atoms with Crippen molar-refractivity contribution in [3.63, 3.8) is 0 Å². The SMILES string of the molecule is Cc1noc(C2CC2)c1NS(=O)(=O)c1ccc(C(=O)O)c(Cl)c1. The van der Waals surface area contributed by atoms with Crippen LogP contribution in [0.5, 0.6) is 0 Å². The van der Waals surface area contributed by atoms with Crippen molar-refractivity contribution in [3.05, 3.63) is 40.2 Å². The minimum atomic E-state index is -3.93. The van der Waals surface area contributed by atoms with E-state index in [2.05, 4.69) is 9.88 Å². The van der Waals surface area contributed by atoms with Crippen LogP contribution >= 0.6 is 11.6 Å². The zero-order chi connectivity index (χ0) is 16.8. The van der Waals surface area contributed by atoms with E-state index in [0.717, 1.165) is 25.0 Å². The molecule has 1 aromatic heterocycles. The molecule has 9 heteroatoms. The predicted octanol–water partition coefficient (Wildman–Crippen LogP) is 3.01. The molecular weight excluding hydrogens is 344 g/mol. The third-order valence-corrected chi connectivity index (χ3v) is 5.22. The molecule has 1 saturated carbocycles. The molecule has 1 heterocycles. The van der Waals surface area contributed by atoms with E-state index in [0.29, 0.717) is 17.1 Å². The summed E-state index contributed by atoms with van der Waals surface area (Å²) in [5.74, 6) is -0.510. The molecule has 0 unspecified atom stereocenters. The molecule has 0 atom stereocenters. The number of carboxylic acids is 1. The van der Waals surface area contributed by atoms with Gasteiger partial charge < -0.3 is 9.63 Å². The standard InChI is InChI=1S/C14H13ClN2O5S/c1-7-12(13(22-16-7)8-2-3-8)17-23(20,21)9-4-5-10(14(18)19)11(15)6-9/h4-6,8,17H,2-3H2,1H3,(H,18,19). The zero-order valence-electron chi connectivity index (χ0n) is 12.0. The van der Waals surface area contributed by atoms with Crippen LogP contribution in [0.1, 0.15) is 40.6 Å². The van der Waals surface area contributed by atoms with Crippen molar-refractivity contribution in [1.29, 1.82) is 0 Å². The van der Waals surface area contributed by atoms with E-state index in [-0.39, 0.29) is 21.4 Å². The van der Waals surface area contributed by atoms with E-state index >= 15 is 0 Å². The van der Waals surface area contributed by atoms with E-state index in [1.54, 1.807) is 6.92 Å². The number of sulfonamides is 1. The Morgan fingerprint density at radius 1 is 1.43 bits per heavy atom. The van der Waals surface area contributed by atoms with Gasteiger partial charge in [0.15, 0.2) is 5.76 Å². The van der Waals surface area contributed by atoms with Crippen molar-refractivity contribution >= 4 is 33.3 Å². The van der Waals surface area contributed by atoms with Gasteiger partial charge in [0.25, 0.3) is 10.0 Å². The molecule has 2 aromatic rings. The summed E-state index contributed by atoms with van der Waals surface area (Å²) in [4.78, 5) is 10.8. The molecule has 0 radical (unpaired) electrons. The summed E-state index contributed by atoms with van der Waals surface area (Å²) in [6.45, 7) is 1.65. The molecule has 0 bridgehead atoms. The second-order valence-electron chi connectivity index (χ2n) is 5.33. The summed E-state index contributed by atoms with van der Waals surface area (Å²) in [5.41, 5.74) is 0.625. The molecule has 0 spiro atoms. The molecular formula is C14H13ClN2O5S. The van der Waals surface area contributed by atoms with E-state index < -0.39 is 16.0 Å². The smallest absolute Gasteiger partial charge is 0.337 e. The molecule has 0 aliphatic heterocycles. The Balaban J connectivity index is 1.95. The van der Waals surface area contributed by atoms with E-state index in [4.69, 9.17) is 21.2 Å². The van der Waals surface area contributed by atoms with Gasteiger partial charge in [-0.15, -0.1) is 0 Å². The number of halogens is 1. The van der Waals surface area contributed by atoms with Crippen LogP contribution in [-0.2, 0) is 10.0 Å². The average Bonchev–Trinajstić information content (AvgIpc) is 3.25. The molecule has 7 nitrogen and oxygen atoms in total. The minimum Gasteiger partial charge on any atom is -0.478 e. The lowest BCUT2D eigenvalue weighted by Gasteiger charge is -2.09. The van der Waals surface area contributed by atoms with Gasteiger partial charge in [-0.3, -0.25) is 4.72 Å². The van der Waals surface area contributed by atoms with Crippen LogP contribution < -0.4 is 4.72 Å². The first-order valence-corrected chi connectivity index (χ1v) is 8.67. The van der Waals surface area contributed by atoms with Crippen molar-refractivity contribution in [1.82, 2.24) is 5.16 Å². The number of carboxylic acid groups (broad SMARTS) is 1. The Bertz CT molecular complexity index is 887.